The van der Waals surface area contributed by atoms with Gasteiger partial charge in [0, 0.05) is 32.6 Å². The highest BCUT2D eigenvalue weighted by molar-refractivity contribution is 5.78. The molecule has 0 aromatic carbocycles. The predicted molar refractivity (Wildman–Crippen MR) is 68.6 cm³/mol. The predicted octanol–water partition coefficient (Wildman–Crippen LogP) is 0.0188. The molecule has 108 valence electrons. The average molecular weight is 271 g/mol. The van der Waals surface area contributed by atoms with Crippen LogP contribution < -0.4 is 10.6 Å². The van der Waals surface area contributed by atoms with Crippen molar-refractivity contribution >= 4 is 17.9 Å². The van der Waals surface area contributed by atoms with Crippen molar-refractivity contribution in [2.45, 2.75) is 26.2 Å². The second kappa shape index (κ2) is 7.60. The standard InChI is InChI=1S/C12H21N3O4/c1-2-13-10(16)3-6-14-12(19)15-7-4-9(5-8-15)11(17)18/h9H,2-8H2,1H3,(H,13,16)(H,14,19)(H,17,18). The molecule has 3 N–H and O–H groups in total. The molecule has 0 radical (unpaired) electrons. The topological polar surface area (TPSA) is 98.7 Å². The normalized spacial score (nSPS) is 15.9. The summed E-state index contributed by atoms with van der Waals surface area (Å²) in [6.45, 7) is 3.61. The monoisotopic (exact) mass is 271 g/mol. The first kappa shape index (κ1) is 15.3. The van der Waals surface area contributed by atoms with Gasteiger partial charge in [-0.1, -0.05) is 0 Å². The molecule has 0 unspecified atom stereocenters. The molecule has 1 aliphatic rings. The number of carboxylic acid groups (broad SMARTS) is 1. The molecule has 7 heteroatoms. The van der Waals surface area contributed by atoms with Crippen molar-refractivity contribution in [1.29, 1.82) is 0 Å². The molecule has 1 saturated heterocycles. The summed E-state index contributed by atoms with van der Waals surface area (Å²) in [6.07, 6.45) is 1.23. The summed E-state index contributed by atoms with van der Waals surface area (Å²) in [5.74, 6) is -1.23. The minimum atomic E-state index is -0.795. The van der Waals surface area contributed by atoms with Crippen molar-refractivity contribution in [3.63, 3.8) is 0 Å². The third-order valence-electron chi connectivity index (χ3n) is 3.13. The number of likely N-dealkylation sites (tertiary alicyclic amines) is 1. The maximum atomic E-state index is 11.7. The third-order valence-corrected chi connectivity index (χ3v) is 3.13. The molecule has 3 amide bonds. The number of urea groups is 1. The number of nitrogens with one attached hydrogen (secondary N) is 2. The summed E-state index contributed by atoms with van der Waals surface area (Å²) in [4.78, 5) is 35.3. The van der Waals surface area contributed by atoms with Gasteiger partial charge in [0.15, 0.2) is 0 Å². The molecule has 0 aromatic heterocycles. The lowest BCUT2D eigenvalue weighted by atomic mass is 9.97. The van der Waals surface area contributed by atoms with Crippen LogP contribution in [-0.4, -0.2) is 54.1 Å². The van der Waals surface area contributed by atoms with Crippen molar-refractivity contribution in [3.05, 3.63) is 0 Å². The lowest BCUT2D eigenvalue weighted by molar-refractivity contribution is -0.143. The van der Waals surface area contributed by atoms with Crippen LogP contribution in [-0.2, 0) is 9.59 Å². The molecule has 0 atom stereocenters. The van der Waals surface area contributed by atoms with Crippen LogP contribution in [0.2, 0.25) is 0 Å². The Bertz CT molecular complexity index is 338. The van der Waals surface area contributed by atoms with E-state index in [4.69, 9.17) is 5.11 Å². The highest BCUT2D eigenvalue weighted by Gasteiger charge is 2.26. The molecule has 1 fully saturated rings. The number of rotatable bonds is 5. The Morgan fingerprint density at radius 1 is 1.21 bits per heavy atom. The molecule has 1 aliphatic heterocycles. The molecular formula is C12H21N3O4. The van der Waals surface area contributed by atoms with Crippen molar-refractivity contribution in [3.8, 4) is 0 Å². The van der Waals surface area contributed by atoms with E-state index in [1.165, 1.54) is 0 Å². The van der Waals surface area contributed by atoms with Gasteiger partial charge in [0.1, 0.15) is 0 Å². The van der Waals surface area contributed by atoms with E-state index in [9.17, 15) is 14.4 Å². The number of carboxylic acids is 1. The van der Waals surface area contributed by atoms with Gasteiger partial charge < -0.3 is 20.6 Å². The highest BCUT2D eigenvalue weighted by atomic mass is 16.4. The number of carbonyl (C=O) groups excluding carboxylic acids is 2. The van der Waals surface area contributed by atoms with Crippen LogP contribution in [0.1, 0.15) is 26.2 Å². The summed E-state index contributed by atoms with van der Waals surface area (Å²) in [6, 6.07) is -0.229. The summed E-state index contributed by atoms with van der Waals surface area (Å²) >= 11 is 0. The van der Waals surface area contributed by atoms with E-state index in [2.05, 4.69) is 10.6 Å². The van der Waals surface area contributed by atoms with E-state index in [0.717, 1.165) is 0 Å². The minimum Gasteiger partial charge on any atom is -0.481 e. The molecule has 0 bridgehead atoms. The zero-order chi connectivity index (χ0) is 14.3. The van der Waals surface area contributed by atoms with Crippen LogP contribution in [0, 0.1) is 5.92 Å². The maximum Gasteiger partial charge on any atom is 0.317 e. The van der Waals surface area contributed by atoms with Gasteiger partial charge in [-0.2, -0.15) is 0 Å². The summed E-state index contributed by atoms with van der Waals surface area (Å²) in [5, 5.41) is 14.2. The average Bonchev–Trinajstić information content (AvgIpc) is 2.39. The van der Waals surface area contributed by atoms with Crippen molar-refractivity contribution < 1.29 is 19.5 Å². The molecule has 0 spiro atoms. The zero-order valence-corrected chi connectivity index (χ0v) is 11.1. The van der Waals surface area contributed by atoms with Gasteiger partial charge in [-0.3, -0.25) is 9.59 Å². The smallest absolute Gasteiger partial charge is 0.317 e. The van der Waals surface area contributed by atoms with Crippen molar-refractivity contribution in [2.75, 3.05) is 26.2 Å². The third kappa shape index (κ3) is 5.15. The summed E-state index contributed by atoms with van der Waals surface area (Å²) in [7, 11) is 0. The molecule has 19 heavy (non-hydrogen) atoms. The first-order valence-corrected chi connectivity index (χ1v) is 6.56. The molecule has 0 saturated carbocycles. The van der Waals surface area contributed by atoms with Gasteiger partial charge in [-0.05, 0) is 19.8 Å². The quantitative estimate of drug-likeness (QED) is 0.656. The molecule has 1 rings (SSSR count). The Morgan fingerprint density at radius 3 is 2.37 bits per heavy atom. The van der Waals surface area contributed by atoms with E-state index < -0.39 is 5.97 Å². The Morgan fingerprint density at radius 2 is 1.84 bits per heavy atom. The molecule has 1 heterocycles. The first-order valence-electron chi connectivity index (χ1n) is 6.56. The van der Waals surface area contributed by atoms with Crippen LogP contribution >= 0.6 is 0 Å². The Balaban J connectivity index is 2.21. The van der Waals surface area contributed by atoms with Gasteiger partial charge in [0.05, 0.1) is 5.92 Å². The minimum absolute atomic E-state index is 0.0904. The number of nitrogens with zero attached hydrogens (tertiary/aromatic N) is 1. The lowest BCUT2D eigenvalue weighted by Crippen LogP contribution is -2.46. The Hall–Kier alpha value is -1.79. The molecule has 7 nitrogen and oxygen atoms in total. The number of amides is 3. The van der Waals surface area contributed by atoms with Gasteiger partial charge in [0.2, 0.25) is 5.91 Å². The fourth-order valence-corrected chi connectivity index (χ4v) is 2.01. The number of hydrogen-bond donors (Lipinski definition) is 3. The fourth-order valence-electron chi connectivity index (χ4n) is 2.01. The SMILES string of the molecule is CCNC(=O)CCNC(=O)N1CCC(C(=O)O)CC1. The molecule has 0 aliphatic carbocycles. The second-order valence-corrected chi connectivity index (χ2v) is 4.53. The summed E-state index contributed by atoms with van der Waals surface area (Å²) in [5.41, 5.74) is 0. The fraction of sp³-hybridized carbons (Fsp3) is 0.750. The second-order valence-electron chi connectivity index (χ2n) is 4.53. The van der Waals surface area contributed by atoms with Crippen LogP contribution in [0.15, 0.2) is 0 Å². The first-order chi connectivity index (χ1) is 9.04. The van der Waals surface area contributed by atoms with E-state index in [-0.39, 0.29) is 24.3 Å². The van der Waals surface area contributed by atoms with E-state index in [1.807, 2.05) is 6.92 Å². The van der Waals surface area contributed by atoms with Crippen LogP contribution in [0.5, 0.6) is 0 Å². The van der Waals surface area contributed by atoms with Crippen molar-refractivity contribution in [2.24, 2.45) is 5.92 Å². The van der Waals surface area contributed by atoms with Crippen LogP contribution in [0.3, 0.4) is 0 Å². The maximum absolute atomic E-state index is 11.7. The largest absolute Gasteiger partial charge is 0.481 e. The number of aliphatic carboxylic acids is 1. The van der Waals surface area contributed by atoms with Gasteiger partial charge >= 0.3 is 12.0 Å². The Kier molecular flexibility index (Phi) is 6.11. The van der Waals surface area contributed by atoms with Gasteiger partial charge in [-0.15, -0.1) is 0 Å². The van der Waals surface area contributed by atoms with E-state index in [0.29, 0.717) is 39.0 Å². The molecule has 0 aromatic rings. The number of hydrogen-bond acceptors (Lipinski definition) is 3. The molecular weight excluding hydrogens is 250 g/mol. The van der Waals surface area contributed by atoms with Crippen molar-refractivity contribution in [1.82, 2.24) is 15.5 Å². The lowest BCUT2D eigenvalue weighted by Gasteiger charge is -2.30. The summed E-state index contributed by atoms with van der Waals surface area (Å²) < 4.78 is 0. The number of carbonyl (C=O) groups is 3. The number of piperidine rings is 1. The van der Waals surface area contributed by atoms with E-state index >= 15 is 0 Å². The zero-order valence-electron chi connectivity index (χ0n) is 11.1. The van der Waals surface area contributed by atoms with Gasteiger partial charge in [-0.25, -0.2) is 4.79 Å². The van der Waals surface area contributed by atoms with Crippen LogP contribution in [0.25, 0.3) is 0 Å². The van der Waals surface area contributed by atoms with Gasteiger partial charge in [0.25, 0.3) is 0 Å². The highest BCUT2D eigenvalue weighted by Crippen LogP contribution is 2.16. The van der Waals surface area contributed by atoms with E-state index in [1.54, 1.807) is 4.90 Å². The Labute approximate surface area is 112 Å². The van der Waals surface area contributed by atoms with Crippen LogP contribution in [0.4, 0.5) is 4.79 Å².